The number of aryl methyl sites for hydroxylation is 1. The summed E-state index contributed by atoms with van der Waals surface area (Å²) in [4.78, 5) is 18.2. The van der Waals surface area contributed by atoms with Crippen molar-refractivity contribution in [3.63, 3.8) is 0 Å². The Morgan fingerprint density at radius 3 is 2.61 bits per heavy atom. The van der Waals surface area contributed by atoms with Crippen molar-refractivity contribution in [3.05, 3.63) is 47.7 Å². The van der Waals surface area contributed by atoms with Crippen molar-refractivity contribution < 1.29 is 14.3 Å². The summed E-state index contributed by atoms with van der Waals surface area (Å²) in [5.41, 5.74) is 1.16. The molecular formula is C12H10FN3O2. The van der Waals surface area contributed by atoms with Gasteiger partial charge in [-0.05, 0) is 30.7 Å². The molecule has 2 aromatic rings. The number of carbonyl (C=O) groups is 1. The summed E-state index contributed by atoms with van der Waals surface area (Å²) in [7, 11) is 0. The van der Waals surface area contributed by atoms with Gasteiger partial charge in [0.05, 0.1) is 12.4 Å². The third-order valence-corrected chi connectivity index (χ3v) is 2.19. The van der Waals surface area contributed by atoms with Gasteiger partial charge in [-0.15, -0.1) is 0 Å². The zero-order valence-corrected chi connectivity index (χ0v) is 9.51. The Labute approximate surface area is 102 Å². The van der Waals surface area contributed by atoms with Crippen molar-refractivity contribution in [3.8, 4) is 0 Å². The highest BCUT2D eigenvalue weighted by molar-refractivity contribution is 5.85. The molecule has 1 aromatic carbocycles. The normalized spacial score (nSPS) is 10.1. The highest BCUT2D eigenvalue weighted by atomic mass is 19.1. The predicted molar refractivity (Wildman–Crippen MR) is 63.4 cm³/mol. The van der Waals surface area contributed by atoms with Crippen LogP contribution in [0.1, 0.15) is 16.1 Å². The van der Waals surface area contributed by atoms with E-state index in [2.05, 4.69) is 15.3 Å². The van der Waals surface area contributed by atoms with Crippen LogP contribution in [0.25, 0.3) is 0 Å². The molecule has 0 unspecified atom stereocenters. The predicted octanol–water partition coefficient (Wildman–Crippen LogP) is 2.37. The molecule has 0 spiro atoms. The number of rotatable bonds is 3. The molecule has 0 aliphatic carbocycles. The van der Waals surface area contributed by atoms with Crippen molar-refractivity contribution >= 4 is 17.5 Å². The van der Waals surface area contributed by atoms with Crippen LogP contribution in [0.2, 0.25) is 0 Å². The molecule has 0 fully saturated rings. The van der Waals surface area contributed by atoms with Gasteiger partial charge in [-0.25, -0.2) is 19.2 Å². The van der Waals surface area contributed by atoms with E-state index in [1.807, 2.05) is 0 Å². The Morgan fingerprint density at radius 1 is 1.28 bits per heavy atom. The lowest BCUT2D eigenvalue weighted by Gasteiger charge is -2.06. The molecule has 0 radical (unpaired) electrons. The van der Waals surface area contributed by atoms with Crippen LogP contribution in [-0.2, 0) is 0 Å². The lowest BCUT2D eigenvalue weighted by atomic mass is 10.2. The first kappa shape index (κ1) is 12.0. The maximum Gasteiger partial charge on any atom is 0.356 e. The number of anilines is 2. The molecule has 6 heteroatoms. The second kappa shape index (κ2) is 4.79. The summed E-state index contributed by atoms with van der Waals surface area (Å²) in [5.74, 6) is -1.15. The van der Waals surface area contributed by atoms with Gasteiger partial charge in [0.25, 0.3) is 0 Å². The van der Waals surface area contributed by atoms with Gasteiger partial charge in [-0.3, -0.25) is 0 Å². The summed E-state index contributed by atoms with van der Waals surface area (Å²) in [5, 5.41) is 11.5. The third kappa shape index (κ3) is 2.79. The quantitative estimate of drug-likeness (QED) is 0.870. The molecule has 18 heavy (non-hydrogen) atoms. The maximum absolute atomic E-state index is 13.1. The van der Waals surface area contributed by atoms with Crippen LogP contribution in [0.3, 0.4) is 0 Å². The van der Waals surface area contributed by atoms with Crippen LogP contribution in [0.15, 0.2) is 30.6 Å². The van der Waals surface area contributed by atoms with E-state index in [1.54, 1.807) is 13.0 Å². The molecule has 0 amide bonds. The number of nitrogens with zero attached hydrogens (tertiary/aromatic N) is 2. The van der Waals surface area contributed by atoms with Gasteiger partial charge in [0.1, 0.15) is 11.6 Å². The highest BCUT2D eigenvalue weighted by Gasteiger charge is 2.05. The number of hydrogen-bond acceptors (Lipinski definition) is 4. The first-order chi connectivity index (χ1) is 8.54. The molecule has 2 N–H and O–H groups in total. The van der Waals surface area contributed by atoms with Crippen LogP contribution in [0.4, 0.5) is 15.9 Å². The van der Waals surface area contributed by atoms with E-state index >= 15 is 0 Å². The van der Waals surface area contributed by atoms with E-state index in [0.717, 1.165) is 11.8 Å². The largest absolute Gasteiger partial charge is 0.476 e. The number of nitrogens with one attached hydrogen (secondary N) is 1. The molecule has 0 saturated heterocycles. The molecule has 1 aromatic heterocycles. The highest BCUT2D eigenvalue weighted by Crippen LogP contribution is 2.17. The van der Waals surface area contributed by atoms with Crippen molar-refractivity contribution in [2.75, 3.05) is 5.32 Å². The molecule has 5 nitrogen and oxygen atoms in total. The summed E-state index contributed by atoms with van der Waals surface area (Å²) in [6.45, 7) is 1.77. The van der Waals surface area contributed by atoms with Gasteiger partial charge in [-0.1, -0.05) is 0 Å². The lowest BCUT2D eigenvalue weighted by Crippen LogP contribution is -2.02. The number of benzene rings is 1. The summed E-state index contributed by atoms with van der Waals surface area (Å²) in [6, 6.07) is 4.47. The molecule has 0 atom stereocenters. The van der Waals surface area contributed by atoms with E-state index in [0.29, 0.717) is 11.5 Å². The molecular weight excluding hydrogens is 237 g/mol. The smallest absolute Gasteiger partial charge is 0.356 e. The average molecular weight is 247 g/mol. The summed E-state index contributed by atoms with van der Waals surface area (Å²) >= 11 is 0. The number of carboxylic acids is 1. The Balaban J connectivity index is 2.20. The van der Waals surface area contributed by atoms with E-state index in [4.69, 9.17) is 5.11 Å². The molecule has 2 rings (SSSR count). The zero-order chi connectivity index (χ0) is 13.1. The second-order valence-electron chi connectivity index (χ2n) is 3.73. The fourth-order valence-electron chi connectivity index (χ4n) is 1.46. The first-order valence-corrected chi connectivity index (χ1v) is 5.14. The fourth-order valence-corrected chi connectivity index (χ4v) is 1.46. The van der Waals surface area contributed by atoms with Crippen LogP contribution >= 0.6 is 0 Å². The Morgan fingerprint density at radius 2 is 2.06 bits per heavy atom. The molecule has 0 bridgehead atoms. The number of carboxylic acid groups (broad SMARTS) is 1. The Bertz CT molecular complexity index is 564. The molecule has 1 heterocycles. The van der Waals surface area contributed by atoms with E-state index in [-0.39, 0.29) is 11.5 Å². The van der Waals surface area contributed by atoms with Crippen molar-refractivity contribution in [2.45, 2.75) is 6.92 Å². The SMILES string of the molecule is Cc1cc(F)cc(Nc2cnc(C(=O)O)cn2)c1. The monoisotopic (exact) mass is 247 g/mol. The zero-order valence-electron chi connectivity index (χ0n) is 9.51. The van der Waals surface area contributed by atoms with Gasteiger partial charge in [0.2, 0.25) is 0 Å². The number of halogens is 1. The minimum atomic E-state index is -1.14. The minimum absolute atomic E-state index is 0.143. The van der Waals surface area contributed by atoms with Crippen molar-refractivity contribution in [2.24, 2.45) is 0 Å². The van der Waals surface area contributed by atoms with Gasteiger partial charge >= 0.3 is 5.97 Å². The van der Waals surface area contributed by atoms with Crippen LogP contribution in [0, 0.1) is 12.7 Å². The van der Waals surface area contributed by atoms with Crippen molar-refractivity contribution in [1.82, 2.24) is 9.97 Å². The molecule has 0 saturated carbocycles. The lowest BCUT2D eigenvalue weighted by molar-refractivity contribution is 0.0690. The summed E-state index contributed by atoms with van der Waals surface area (Å²) in [6.07, 6.45) is 2.42. The first-order valence-electron chi connectivity index (χ1n) is 5.14. The van der Waals surface area contributed by atoms with E-state index < -0.39 is 5.97 Å². The second-order valence-corrected chi connectivity index (χ2v) is 3.73. The van der Waals surface area contributed by atoms with Crippen LogP contribution in [-0.4, -0.2) is 21.0 Å². The third-order valence-electron chi connectivity index (χ3n) is 2.19. The van der Waals surface area contributed by atoms with Crippen LogP contribution < -0.4 is 5.32 Å². The number of aromatic carboxylic acids is 1. The van der Waals surface area contributed by atoms with Crippen molar-refractivity contribution in [1.29, 1.82) is 0 Å². The Hall–Kier alpha value is -2.50. The summed E-state index contributed by atoms with van der Waals surface area (Å²) < 4.78 is 13.1. The molecule has 0 aliphatic heterocycles. The number of aromatic nitrogens is 2. The molecule has 92 valence electrons. The van der Waals surface area contributed by atoms with Crippen LogP contribution in [0.5, 0.6) is 0 Å². The van der Waals surface area contributed by atoms with E-state index in [1.165, 1.54) is 18.3 Å². The fraction of sp³-hybridized carbons (Fsp3) is 0.0833. The number of hydrogen-bond donors (Lipinski definition) is 2. The standard InChI is InChI=1S/C12H10FN3O2/c1-7-2-8(13)4-9(3-7)16-11-6-14-10(5-15-11)12(17)18/h2-6H,1H3,(H,15,16)(H,17,18). The van der Waals surface area contributed by atoms with Gasteiger partial charge < -0.3 is 10.4 Å². The molecule has 0 aliphatic rings. The van der Waals surface area contributed by atoms with Gasteiger partial charge in [0, 0.05) is 5.69 Å². The Kier molecular flexibility index (Phi) is 3.18. The average Bonchev–Trinajstić information content (AvgIpc) is 2.28. The topological polar surface area (TPSA) is 75.1 Å². The maximum atomic E-state index is 13.1. The van der Waals surface area contributed by atoms with Gasteiger partial charge in [0.15, 0.2) is 5.69 Å². The minimum Gasteiger partial charge on any atom is -0.476 e. The van der Waals surface area contributed by atoms with E-state index in [9.17, 15) is 9.18 Å². The van der Waals surface area contributed by atoms with Gasteiger partial charge in [-0.2, -0.15) is 0 Å².